The standard InChI is InChI=1S/C19H26N4O/c1-12(2)20-18-10-19(22-14(4)21-18)23-8-7-16-9-15(13(3)24)5-6-17(16)11-23/h5-6,9-10,12-13,24H,7-8,11H2,1-4H3,(H,20,21,22)/t13-/m1/s1. The highest BCUT2D eigenvalue weighted by atomic mass is 16.3. The highest BCUT2D eigenvalue weighted by molar-refractivity contribution is 5.52. The maximum absolute atomic E-state index is 9.75. The van der Waals surface area contributed by atoms with Crippen LogP contribution in [0.3, 0.4) is 0 Å². The Labute approximate surface area is 143 Å². The van der Waals surface area contributed by atoms with Crippen LogP contribution >= 0.6 is 0 Å². The molecule has 3 rings (SSSR count). The summed E-state index contributed by atoms with van der Waals surface area (Å²) in [4.78, 5) is 11.4. The van der Waals surface area contributed by atoms with Crippen LogP contribution in [-0.2, 0) is 13.0 Å². The van der Waals surface area contributed by atoms with Crippen molar-refractivity contribution in [1.29, 1.82) is 0 Å². The quantitative estimate of drug-likeness (QED) is 0.903. The molecule has 0 spiro atoms. The lowest BCUT2D eigenvalue weighted by molar-refractivity contribution is 0.199. The monoisotopic (exact) mass is 326 g/mol. The zero-order valence-corrected chi connectivity index (χ0v) is 14.9. The smallest absolute Gasteiger partial charge is 0.134 e. The number of nitrogens with zero attached hydrogens (tertiary/aromatic N) is 3. The molecule has 0 unspecified atom stereocenters. The van der Waals surface area contributed by atoms with Crippen LogP contribution in [0.2, 0.25) is 0 Å². The van der Waals surface area contributed by atoms with Gasteiger partial charge in [0, 0.05) is 25.2 Å². The van der Waals surface area contributed by atoms with Gasteiger partial charge in [-0.2, -0.15) is 0 Å². The van der Waals surface area contributed by atoms with E-state index in [4.69, 9.17) is 0 Å². The van der Waals surface area contributed by atoms with E-state index in [9.17, 15) is 5.11 Å². The van der Waals surface area contributed by atoms with E-state index in [1.54, 1.807) is 0 Å². The molecule has 2 aromatic rings. The average molecular weight is 326 g/mol. The first-order valence-corrected chi connectivity index (χ1v) is 8.59. The fourth-order valence-corrected chi connectivity index (χ4v) is 3.11. The first-order chi connectivity index (χ1) is 11.4. The molecule has 1 aliphatic rings. The molecule has 0 fully saturated rings. The molecule has 5 heteroatoms. The van der Waals surface area contributed by atoms with Crippen LogP contribution in [0.1, 0.15) is 49.4 Å². The van der Waals surface area contributed by atoms with Crippen molar-refractivity contribution in [2.45, 2.75) is 52.8 Å². The predicted molar refractivity (Wildman–Crippen MR) is 97.4 cm³/mol. The van der Waals surface area contributed by atoms with Crippen LogP contribution in [0.25, 0.3) is 0 Å². The molecule has 1 aromatic heterocycles. The van der Waals surface area contributed by atoms with E-state index >= 15 is 0 Å². The third-order valence-electron chi connectivity index (χ3n) is 4.31. The van der Waals surface area contributed by atoms with Crippen LogP contribution < -0.4 is 10.2 Å². The normalized spacial score (nSPS) is 15.3. The van der Waals surface area contributed by atoms with Crippen LogP contribution in [0.5, 0.6) is 0 Å². The van der Waals surface area contributed by atoms with Gasteiger partial charge in [0.05, 0.1) is 6.10 Å². The summed E-state index contributed by atoms with van der Waals surface area (Å²) in [6.45, 7) is 9.72. The van der Waals surface area contributed by atoms with E-state index in [1.807, 2.05) is 26.0 Å². The van der Waals surface area contributed by atoms with Crippen molar-refractivity contribution in [1.82, 2.24) is 9.97 Å². The molecule has 1 aromatic carbocycles. The molecule has 1 aliphatic heterocycles. The fraction of sp³-hybridized carbons (Fsp3) is 0.474. The van der Waals surface area contributed by atoms with Crippen LogP contribution in [-0.4, -0.2) is 27.7 Å². The van der Waals surface area contributed by atoms with E-state index < -0.39 is 6.10 Å². The fourth-order valence-electron chi connectivity index (χ4n) is 3.11. The van der Waals surface area contributed by atoms with Crippen molar-refractivity contribution < 1.29 is 5.11 Å². The van der Waals surface area contributed by atoms with Gasteiger partial charge in [-0.25, -0.2) is 9.97 Å². The number of anilines is 2. The SMILES string of the molecule is Cc1nc(NC(C)C)cc(N2CCc3cc([C@@H](C)O)ccc3C2)n1. The number of aryl methyl sites for hydroxylation is 1. The van der Waals surface area contributed by atoms with Gasteiger partial charge in [0.25, 0.3) is 0 Å². The lowest BCUT2D eigenvalue weighted by Gasteiger charge is -2.30. The highest BCUT2D eigenvalue weighted by Crippen LogP contribution is 2.27. The van der Waals surface area contributed by atoms with Gasteiger partial charge in [0.1, 0.15) is 17.5 Å². The maximum atomic E-state index is 9.75. The molecule has 128 valence electrons. The number of nitrogens with one attached hydrogen (secondary N) is 1. The molecule has 1 atom stereocenters. The third kappa shape index (κ3) is 3.67. The molecular formula is C19H26N4O. The van der Waals surface area contributed by atoms with Gasteiger partial charge in [-0.05, 0) is 50.8 Å². The van der Waals surface area contributed by atoms with Gasteiger partial charge in [-0.15, -0.1) is 0 Å². The van der Waals surface area contributed by atoms with Crippen molar-refractivity contribution in [2.24, 2.45) is 0 Å². The van der Waals surface area contributed by atoms with Crippen molar-refractivity contribution in [3.05, 3.63) is 46.8 Å². The number of hydrogen-bond acceptors (Lipinski definition) is 5. The Morgan fingerprint density at radius 2 is 1.92 bits per heavy atom. The number of aliphatic hydroxyl groups is 1. The summed E-state index contributed by atoms with van der Waals surface area (Å²) in [6.07, 6.45) is 0.550. The highest BCUT2D eigenvalue weighted by Gasteiger charge is 2.19. The minimum atomic E-state index is -0.414. The lowest BCUT2D eigenvalue weighted by Crippen LogP contribution is -2.31. The Balaban J connectivity index is 1.84. The van der Waals surface area contributed by atoms with Gasteiger partial charge >= 0.3 is 0 Å². The van der Waals surface area contributed by atoms with Gasteiger partial charge in [0.2, 0.25) is 0 Å². The molecule has 2 N–H and O–H groups in total. The van der Waals surface area contributed by atoms with Crippen LogP contribution in [0, 0.1) is 6.92 Å². The van der Waals surface area contributed by atoms with Crippen molar-refractivity contribution in [3.8, 4) is 0 Å². The summed E-state index contributed by atoms with van der Waals surface area (Å²) in [6, 6.07) is 8.65. The second-order valence-corrected chi connectivity index (χ2v) is 6.83. The summed E-state index contributed by atoms with van der Waals surface area (Å²) in [5.41, 5.74) is 3.62. The molecule has 0 amide bonds. The van der Waals surface area contributed by atoms with Crippen LogP contribution in [0.15, 0.2) is 24.3 Å². The number of hydrogen-bond donors (Lipinski definition) is 2. The third-order valence-corrected chi connectivity index (χ3v) is 4.31. The molecular weight excluding hydrogens is 300 g/mol. The average Bonchev–Trinajstić information content (AvgIpc) is 2.52. The maximum Gasteiger partial charge on any atom is 0.134 e. The first-order valence-electron chi connectivity index (χ1n) is 8.59. The van der Waals surface area contributed by atoms with E-state index in [-0.39, 0.29) is 0 Å². The number of fused-ring (bicyclic) bond motifs is 1. The number of aliphatic hydroxyl groups excluding tert-OH is 1. The lowest BCUT2D eigenvalue weighted by atomic mass is 9.96. The predicted octanol–water partition coefficient (Wildman–Crippen LogP) is 3.22. The largest absolute Gasteiger partial charge is 0.389 e. The molecule has 0 aliphatic carbocycles. The molecule has 24 heavy (non-hydrogen) atoms. The Kier molecular flexibility index (Phi) is 4.71. The van der Waals surface area contributed by atoms with E-state index in [0.717, 1.165) is 42.5 Å². The van der Waals surface area contributed by atoms with Gasteiger partial charge in [-0.3, -0.25) is 0 Å². The second kappa shape index (κ2) is 6.77. The second-order valence-electron chi connectivity index (χ2n) is 6.83. The molecule has 0 saturated carbocycles. The minimum absolute atomic E-state index is 0.341. The number of aromatic nitrogens is 2. The summed E-state index contributed by atoms with van der Waals surface area (Å²) >= 11 is 0. The molecule has 0 bridgehead atoms. The van der Waals surface area contributed by atoms with Crippen molar-refractivity contribution in [3.63, 3.8) is 0 Å². The molecule has 0 saturated heterocycles. The molecule has 5 nitrogen and oxygen atoms in total. The Bertz CT molecular complexity index is 727. The van der Waals surface area contributed by atoms with Gasteiger partial charge in [-0.1, -0.05) is 18.2 Å². The Hall–Kier alpha value is -2.14. The van der Waals surface area contributed by atoms with E-state index in [0.29, 0.717) is 6.04 Å². The molecule has 0 radical (unpaired) electrons. The number of benzene rings is 1. The topological polar surface area (TPSA) is 61.3 Å². The summed E-state index contributed by atoms with van der Waals surface area (Å²) in [7, 11) is 0. The van der Waals surface area contributed by atoms with E-state index in [1.165, 1.54) is 11.1 Å². The summed E-state index contributed by atoms with van der Waals surface area (Å²) in [5.74, 6) is 2.63. The Morgan fingerprint density at radius 1 is 1.12 bits per heavy atom. The minimum Gasteiger partial charge on any atom is -0.389 e. The van der Waals surface area contributed by atoms with Gasteiger partial charge < -0.3 is 15.3 Å². The van der Waals surface area contributed by atoms with Gasteiger partial charge in [0.15, 0.2) is 0 Å². The zero-order chi connectivity index (χ0) is 17.3. The first kappa shape index (κ1) is 16.7. The summed E-state index contributed by atoms with van der Waals surface area (Å²) < 4.78 is 0. The summed E-state index contributed by atoms with van der Waals surface area (Å²) in [5, 5.41) is 13.1. The van der Waals surface area contributed by atoms with Crippen molar-refractivity contribution in [2.75, 3.05) is 16.8 Å². The Morgan fingerprint density at radius 3 is 2.62 bits per heavy atom. The van der Waals surface area contributed by atoms with Crippen LogP contribution in [0.4, 0.5) is 11.6 Å². The van der Waals surface area contributed by atoms with Crippen molar-refractivity contribution >= 4 is 11.6 Å². The molecule has 2 heterocycles. The zero-order valence-electron chi connectivity index (χ0n) is 14.9. The number of rotatable bonds is 4. The van der Waals surface area contributed by atoms with E-state index in [2.05, 4.69) is 46.2 Å².